The van der Waals surface area contributed by atoms with Gasteiger partial charge in [0.2, 0.25) is 0 Å². The number of carbonyl (C=O) groups is 2. The lowest BCUT2D eigenvalue weighted by molar-refractivity contribution is -0.141. The number of hydrogen-bond acceptors (Lipinski definition) is 3. The summed E-state index contributed by atoms with van der Waals surface area (Å²) >= 11 is 1.60. The number of carboxylic acids is 1. The number of hydrogen-bond donors (Lipinski definition) is 1. The Labute approximate surface area is 116 Å². The average Bonchev–Trinajstić information content (AvgIpc) is 3.06. The lowest BCUT2D eigenvalue weighted by Gasteiger charge is -2.31. The molecule has 2 rings (SSSR count). The van der Waals surface area contributed by atoms with Crippen molar-refractivity contribution in [2.75, 3.05) is 13.6 Å². The van der Waals surface area contributed by atoms with E-state index >= 15 is 0 Å². The summed E-state index contributed by atoms with van der Waals surface area (Å²) in [6.07, 6.45) is 1.30. The molecule has 1 aromatic rings. The molecule has 19 heavy (non-hydrogen) atoms. The van der Waals surface area contributed by atoms with Crippen LogP contribution in [0.1, 0.15) is 30.7 Å². The van der Waals surface area contributed by atoms with Gasteiger partial charge in [0.1, 0.15) is 6.04 Å². The molecule has 2 amide bonds. The Morgan fingerprint density at radius 2 is 2.32 bits per heavy atom. The Kier molecular flexibility index (Phi) is 4.09. The summed E-state index contributed by atoms with van der Waals surface area (Å²) in [6, 6.07) is 3.02. The summed E-state index contributed by atoms with van der Waals surface area (Å²) in [5.74, 6) is -0.914. The number of thiophene rings is 1. The molecule has 1 aliphatic rings. The third kappa shape index (κ3) is 2.73. The van der Waals surface area contributed by atoms with Crippen molar-refractivity contribution >= 4 is 23.3 Å². The van der Waals surface area contributed by atoms with Gasteiger partial charge in [0.25, 0.3) is 0 Å². The highest BCUT2D eigenvalue weighted by molar-refractivity contribution is 7.10. The van der Waals surface area contributed by atoms with E-state index in [1.54, 1.807) is 23.3 Å². The number of aliphatic carboxylic acids is 1. The highest BCUT2D eigenvalue weighted by atomic mass is 32.1. The van der Waals surface area contributed by atoms with Gasteiger partial charge in [-0.25, -0.2) is 9.59 Å². The van der Waals surface area contributed by atoms with Crippen molar-refractivity contribution in [2.45, 2.75) is 31.8 Å². The zero-order valence-electron chi connectivity index (χ0n) is 11.1. The lowest BCUT2D eigenvalue weighted by Crippen LogP contribution is -2.47. The second-order valence-corrected chi connectivity index (χ2v) is 5.75. The van der Waals surface area contributed by atoms with Crippen molar-refractivity contribution < 1.29 is 14.7 Å². The topological polar surface area (TPSA) is 60.9 Å². The molecule has 1 N–H and O–H groups in total. The third-order valence-electron chi connectivity index (χ3n) is 3.62. The molecule has 2 unspecified atom stereocenters. The number of rotatable bonds is 3. The summed E-state index contributed by atoms with van der Waals surface area (Å²) < 4.78 is 0. The first kappa shape index (κ1) is 13.9. The molecule has 0 saturated carbocycles. The summed E-state index contributed by atoms with van der Waals surface area (Å²) in [5, 5.41) is 11.1. The number of carbonyl (C=O) groups excluding carboxylic acids is 1. The molecule has 2 heterocycles. The highest BCUT2D eigenvalue weighted by Gasteiger charge is 2.36. The van der Waals surface area contributed by atoms with Gasteiger partial charge in [-0.1, -0.05) is 6.07 Å². The maximum atomic E-state index is 12.4. The standard InChI is InChI=1S/C13H18N2O3S/c1-9(11-6-4-8-19-11)14(2)13(18)15-7-3-5-10(15)12(16)17/h4,6,8-10H,3,5,7H2,1-2H3,(H,16,17). The number of carboxylic acid groups (broad SMARTS) is 1. The van der Waals surface area contributed by atoms with E-state index in [1.165, 1.54) is 4.90 Å². The first-order valence-electron chi connectivity index (χ1n) is 6.32. The van der Waals surface area contributed by atoms with Gasteiger partial charge in [-0.05, 0) is 31.2 Å². The van der Waals surface area contributed by atoms with Crippen LogP contribution in [0.4, 0.5) is 4.79 Å². The van der Waals surface area contributed by atoms with Crippen molar-refractivity contribution in [3.63, 3.8) is 0 Å². The molecule has 0 aliphatic carbocycles. The van der Waals surface area contributed by atoms with Crippen molar-refractivity contribution in [1.82, 2.24) is 9.80 Å². The molecule has 2 atom stereocenters. The lowest BCUT2D eigenvalue weighted by atomic mass is 10.2. The maximum absolute atomic E-state index is 12.4. The molecular formula is C13H18N2O3S. The van der Waals surface area contributed by atoms with E-state index in [0.717, 1.165) is 11.3 Å². The summed E-state index contributed by atoms with van der Waals surface area (Å²) in [4.78, 5) is 27.7. The summed E-state index contributed by atoms with van der Waals surface area (Å²) in [5.41, 5.74) is 0. The zero-order chi connectivity index (χ0) is 14.0. The van der Waals surface area contributed by atoms with Crippen LogP contribution < -0.4 is 0 Å². The molecule has 104 valence electrons. The van der Waals surface area contributed by atoms with E-state index in [1.807, 2.05) is 24.4 Å². The van der Waals surface area contributed by atoms with E-state index < -0.39 is 12.0 Å². The quantitative estimate of drug-likeness (QED) is 0.926. The van der Waals surface area contributed by atoms with E-state index in [4.69, 9.17) is 5.11 Å². The number of urea groups is 1. The van der Waals surface area contributed by atoms with E-state index in [-0.39, 0.29) is 12.1 Å². The number of nitrogens with zero attached hydrogens (tertiary/aromatic N) is 2. The molecule has 1 fully saturated rings. The van der Waals surface area contributed by atoms with Gasteiger partial charge in [-0.2, -0.15) is 0 Å². The fourth-order valence-corrected chi connectivity index (χ4v) is 3.17. The minimum absolute atomic E-state index is 0.0393. The first-order valence-corrected chi connectivity index (χ1v) is 7.20. The minimum Gasteiger partial charge on any atom is -0.480 e. The smallest absolute Gasteiger partial charge is 0.326 e. The SMILES string of the molecule is CC(c1cccs1)N(C)C(=O)N1CCCC1C(=O)O. The van der Waals surface area contributed by atoms with Gasteiger partial charge in [-0.3, -0.25) is 0 Å². The van der Waals surface area contributed by atoms with Gasteiger partial charge < -0.3 is 14.9 Å². The Morgan fingerprint density at radius 1 is 1.58 bits per heavy atom. The Balaban J connectivity index is 2.08. The third-order valence-corrected chi connectivity index (χ3v) is 4.66. The predicted molar refractivity (Wildman–Crippen MR) is 73.3 cm³/mol. The largest absolute Gasteiger partial charge is 0.480 e. The van der Waals surface area contributed by atoms with Crippen molar-refractivity contribution in [3.8, 4) is 0 Å². The monoisotopic (exact) mass is 282 g/mol. The molecule has 5 nitrogen and oxygen atoms in total. The summed E-state index contributed by atoms with van der Waals surface area (Å²) in [7, 11) is 1.73. The van der Waals surface area contributed by atoms with Crippen LogP contribution in [0, 0.1) is 0 Å². The Morgan fingerprint density at radius 3 is 2.89 bits per heavy atom. The van der Waals surface area contributed by atoms with Gasteiger partial charge in [0, 0.05) is 18.5 Å². The van der Waals surface area contributed by atoms with E-state index in [0.29, 0.717) is 13.0 Å². The Bertz CT molecular complexity index is 460. The van der Waals surface area contributed by atoms with Crippen LogP contribution in [-0.4, -0.2) is 46.5 Å². The van der Waals surface area contributed by atoms with Crippen LogP contribution in [0.15, 0.2) is 17.5 Å². The van der Waals surface area contributed by atoms with Crippen LogP contribution in [0.5, 0.6) is 0 Å². The molecule has 0 spiro atoms. The summed E-state index contributed by atoms with van der Waals surface area (Å²) in [6.45, 7) is 2.48. The normalized spacial score (nSPS) is 20.3. The first-order chi connectivity index (χ1) is 9.02. The fourth-order valence-electron chi connectivity index (χ4n) is 2.34. The van der Waals surface area contributed by atoms with Crippen LogP contribution in [0.3, 0.4) is 0 Å². The zero-order valence-corrected chi connectivity index (χ0v) is 11.9. The van der Waals surface area contributed by atoms with Crippen LogP contribution >= 0.6 is 11.3 Å². The van der Waals surface area contributed by atoms with Crippen LogP contribution in [0.2, 0.25) is 0 Å². The molecule has 1 saturated heterocycles. The maximum Gasteiger partial charge on any atom is 0.326 e. The van der Waals surface area contributed by atoms with E-state index in [2.05, 4.69) is 0 Å². The molecule has 0 radical (unpaired) electrons. The van der Waals surface area contributed by atoms with Crippen molar-refractivity contribution in [1.29, 1.82) is 0 Å². The van der Waals surface area contributed by atoms with Gasteiger partial charge in [-0.15, -0.1) is 11.3 Å². The van der Waals surface area contributed by atoms with Crippen LogP contribution in [-0.2, 0) is 4.79 Å². The molecule has 1 aromatic heterocycles. The highest BCUT2D eigenvalue weighted by Crippen LogP contribution is 2.26. The average molecular weight is 282 g/mol. The Hall–Kier alpha value is -1.56. The van der Waals surface area contributed by atoms with Crippen molar-refractivity contribution in [2.24, 2.45) is 0 Å². The molecule has 0 aromatic carbocycles. The number of amides is 2. The molecule has 0 bridgehead atoms. The van der Waals surface area contributed by atoms with Crippen LogP contribution in [0.25, 0.3) is 0 Å². The second-order valence-electron chi connectivity index (χ2n) is 4.77. The van der Waals surface area contributed by atoms with E-state index in [9.17, 15) is 9.59 Å². The molecular weight excluding hydrogens is 264 g/mol. The van der Waals surface area contributed by atoms with Gasteiger partial charge in [0.15, 0.2) is 0 Å². The van der Waals surface area contributed by atoms with Gasteiger partial charge >= 0.3 is 12.0 Å². The molecule has 6 heteroatoms. The fraction of sp³-hybridized carbons (Fsp3) is 0.538. The second kappa shape index (κ2) is 5.61. The molecule has 1 aliphatic heterocycles. The number of likely N-dealkylation sites (tertiary alicyclic amines) is 1. The predicted octanol–water partition coefficient (Wildman–Crippen LogP) is 2.41. The minimum atomic E-state index is -0.914. The van der Waals surface area contributed by atoms with Gasteiger partial charge in [0.05, 0.1) is 6.04 Å². The van der Waals surface area contributed by atoms with Crippen molar-refractivity contribution in [3.05, 3.63) is 22.4 Å².